The Hall–Kier alpha value is -3.07. The van der Waals surface area contributed by atoms with Crippen LogP contribution in [0.5, 0.6) is 5.75 Å². The minimum atomic E-state index is -0.144. The van der Waals surface area contributed by atoms with Crippen LogP contribution in [0.2, 0.25) is 0 Å². The number of hydrogen-bond donors (Lipinski definition) is 1. The van der Waals surface area contributed by atoms with Crippen molar-refractivity contribution in [1.82, 2.24) is 0 Å². The highest BCUT2D eigenvalue weighted by Gasteiger charge is 2.10. The zero-order valence-corrected chi connectivity index (χ0v) is 13.5. The van der Waals surface area contributed by atoms with E-state index in [2.05, 4.69) is 17.4 Å². The van der Waals surface area contributed by atoms with Gasteiger partial charge in [0.05, 0.1) is 7.11 Å². The molecule has 0 bridgehead atoms. The highest BCUT2D eigenvalue weighted by atomic mass is 16.5. The highest BCUT2D eigenvalue weighted by molar-refractivity contribution is 6.04. The molecule has 3 nitrogen and oxygen atoms in total. The van der Waals surface area contributed by atoms with Crippen molar-refractivity contribution in [3.8, 4) is 5.75 Å². The second-order valence-electron chi connectivity index (χ2n) is 5.51. The number of benzene rings is 3. The highest BCUT2D eigenvalue weighted by Crippen LogP contribution is 2.21. The number of para-hydroxylation sites is 1. The number of anilines is 1. The van der Waals surface area contributed by atoms with Gasteiger partial charge in [-0.1, -0.05) is 54.6 Å². The number of methoxy groups -OCH3 is 1. The second-order valence-corrected chi connectivity index (χ2v) is 5.51. The van der Waals surface area contributed by atoms with Gasteiger partial charge in [-0.2, -0.15) is 0 Å². The third-order valence-corrected chi connectivity index (χ3v) is 3.83. The molecule has 0 aliphatic heterocycles. The SMILES string of the molecule is COc1cccc(C(=O)Nc2ccccc2Cc2ccccc2)c1. The van der Waals surface area contributed by atoms with E-state index in [4.69, 9.17) is 4.74 Å². The third-order valence-electron chi connectivity index (χ3n) is 3.83. The third kappa shape index (κ3) is 3.82. The summed E-state index contributed by atoms with van der Waals surface area (Å²) in [5, 5.41) is 3.00. The summed E-state index contributed by atoms with van der Waals surface area (Å²) in [6.45, 7) is 0. The molecule has 3 heteroatoms. The van der Waals surface area contributed by atoms with Crippen LogP contribution >= 0.6 is 0 Å². The van der Waals surface area contributed by atoms with Crippen molar-refractivity contribution >= 4 is 11.6 Å². The molecule has 0 fully saturated rings. The molecule has 1 N–H and O–H groups in total. The van der Waals surface area contributed by atoms with Crippen LogP contribution < -0.4 is 10.1 Å². The summed E-state index contributed by atoms with van der Waals surface area (Å²) in [5.74, 6) is 0.523. The van der Waals surface area contributed by atoms with Crippen LogP contribution in [0.3, 0.4) is 0 Å². The monoisotopic (exact) mass is 317 g/mol. The lowest BCUT2D eigenvalue weighted by Crippen LogP contribution is -2.13. The first-order valence-corrected chi connectivity index (χ1v) is 7.83. The van der Waals surface area contributed by atoms with Gasteiger partial charge in [0.1, 0.15) is 5.75 Å². The van der Waals surface area contributed by atoms with Gasteiger partial charge in [-0.3, -0.25) is 4.79 Å². The van der Waals surface area contributed by atoms with Gasteiger partial charge in [-0.25, -0.2) is 0 Å². The van der Waals surface area contributed by atoms with E-state index in [0.717, 1.165) is 17.7 Å². The van der Waals surface area contributed by atoms with Crippen molar-refractivity contribution in [1.29, 1.82) is 0 Å². The van der Waals surface area contributed by atoms with Crippen LogP contribution in [-0.4, -0.2) is 13.0 Å². The number of carbonyl (C=O) groups is 1. The summed E-state index contributed by atoms with van der Waals surface area (Å²) in [6, 6.07) is 25.2. The number of nitrogens with one attached hydrogen (secondary N) is 1. The molecule has 0 saturated carbocycles. The molecule has 0 saturated heterocycles. The predicted molar refractivity (Wildman–Crippen MR) is 96.6 cm³/mol. The average molecular weight is 317 g/mol. The molecule has 0 atom stereocenters. The molecule has 0 aromatic heterocycles. The number of hydrogen-bond acceptors (Lipinski definition) is 2. The van der Waals surface area contributed by atoms with Gasteiger partial charge in [0.15, 0.2) is 0 Å². The molecule has 24 heavy (non-hydrogen) atoms. The zero-order chi connectivity index (χ0) is 16.8. The average Bonchev–Trinajstić information content (AvgIpc) is 2.64. The molecule has 3 rings (SSSR count). The first kappa shape index (κ1) is 15.8. The number of amides is 1. The molecular formula is C21H19NO2. The molecule has 0 spiro atoms. The van der Waals surface area contributed by atoms with Gasteiger partial charge in [-0.05, 0) is 41.8 Å². The molecule has 0 radical (unpaired) electrons. The minimum Gasteiger partial charge on any atom is -0.497 e. The second kappa shape index (κ2) is 7.47. The van der Waals surface area contributed by atoms with Gasteiger partial charge < -0.3 is 10.1 Å². The molecule has 0 aliphatic rings. The summed E-state index contributed by atoms with van der Waals surface area (Å²) in [7, 11) is 1.59. The Morgan fingerprint density at radius 2 is 1.67 bits per heavy atom. The lowest BCUT2D eigenvalue weighted by atomic mass is 10.0. The maximum atomic E-state index is 12.5. The Morgan fingerprint density at radius 1 is 0.917 bits per heavy atom. The van der Waals surface area contributed by atoms with E-state index in [1.165, 1.54) is 5.56 Å². The topological polar surface area (TPSA) is 38.3 Å². The fourth-order valence-corrected chi connectivity index (χ4v) is 2.57. The lowest BCUT2D eigenvalue weighted by molar-refractivity contribution is 0.102. The summed E-state index contributed by atoms with van der Waals surface area (Å²) < 4.78 is 5.18. The van der Waals surface area contributed by atoms with Crippen molar-refractivity contribution < 1.29 is 9.53 Å². The molecule has 3 aromatic rings. The van der Waals surface area contributed by atoms with E-state index in [9.17, 15) is 4.79 Å². The van der Waals surface area contributed by atoms with E-state index in [-0.39, 0.29) is 5.91 Å². The van der Waals surface area contributed by atoms with Gasteiger partial charge >= 0.3 is 0 Å². The van der Waals surface area contributed by atoms with Crippen LogP contribution in [0, 0.1) is 0 Å². The Kier molecular flexibility index (Phi) is 4.92. The fraction of sp³-hybridized carbons (Fsp3) is 0.0952. The Bertz CT molecular complexity index is 828. The molecule has 0 heterocycles. The molecule has 1 amide bonds. The number of ether oxygens (including phenoxy) is 1. The predicted octanol–water partition coefficient (Wildman–Crippen LogP) is 4.54. The van der Waals surface area contributed by atoms with Crippen LogP contribution in [0.4, 0.5) is 5.69 Å². The fourth-order valence-electron chi connectivity index (χ4n) is 2.57. The van der Waals surface area contributed by atoms with Crippen LogP contribution in [-0.2, 0) is 6.42 Å². The Labute approximate surface area is 141 Å². The number of rotatable bonds is 5. The van der Waals surface area contributed by atoms with E-state index >= 15 is 0 Å². The maximum absolute atomic E-state index is 12.5. The van der Waals surface area contributed by atoms with E-state index < -0.39 is 0 Å². The lowest BCUT2D eigenvalue weighted by Gasteiger charge is -2.12. The van der Waals surface area contributed by atoms with Crippen molar-refractivity contribution in [2.24, 2.45) is 0 Å². The summed E-state index contributed by atoms with van der Waals surface area (Å²) in [5.41, 5.74) is 3.69. The molecule has 0 unspecified atom stereocenters. The smallest absolute Gasteiger partial charge is 0.255 e. The van der Waals surface area contributed by atoms with Crippen LogP contribution in [0.25, 0.3) is 0 Å². The van der Waals surface area contributed by atoms with E-state index in [0.29, 0.717) is 11.3 Å². The number of carbonyl (C=O) groups excluding carboxylic acids is 1. The van der Waals surface area contributed by atoms with Crippen molar-refractivity contribution in [2.75, 3.05) is 12.4 Å². The Balaban J connectivity index is 1.81. The van der Waals surface area contributed by atoms with Gasteiger partial charge in [-0.15, -0.1) is 0 Å². The zero-order valence-electron chi connectivity index (χ0n) is 13.5. The normalized spacial score (nSPS) is 10.2. The first-order valence-electron chi connectivity index (χ1n) is 7.83. The summed E-state index contributed by atoms with van der Waals surface area (Å²) >= 11 is 0. The van der Waals surface area contributed by atoms with Crippen molar-refractivity contribution in [3.05, 3.63) is 95.6 Å². The molecule has 0 aliphatic carbocycles. The van der Waals surface area contributed by atoms with Crippen LogP contribution in [0.1, 0.15) is 21.5 Å². The summed E-state index contributed by atoms with van der Waals surface area (Å²) in [4.78, 5) is 12.5. The van der Waals surface area contributed by atoms with Gasteiger partial charge in [0, 0.05) is 11.3 Å². The van der Waals surface area contributed by atoms with Crippen molar-refractivity contribution in [3.63, 3.8) is 0 Å². The van der Waals surface area contributed by atoms with Gasteiger partial charge in [0.2, 0.25) is 0 Å². The van der Waals surface area contributed by atoms with E-state index in [1.807, 2.05) is 54.6 Å². The quantitative estimate of drug-likeness (QED) is 0.750. The Morgan fingerprint density at radius 3 is 2.46 bits per heavy atom. The van der Waals surface area contributed by atoms with Crippen LogP contribution in [0.15, 0.2) is 78.9 Å². The van der Waals surface area contributed by atoms with Gasteiger partial charge in [0.25, 0.3) is 5.91 Å². The molecule has 3 aromatic carbocycles. The summed E-state index contributed by atoms with van der Waals surface area (Å²) in [6.07, 6.45) is 0.773. The largest absolute Gasteiger partial charge is 0.497 e. The minimum absolute atomic E-state index is 0.144. The molecule has 120 valence electrons. The van der Waals surface area contributed by atoms with Crippen molar-refractivity contribution in [2.45, 2.75) is 6.42 Å². The first-order chi connectivity index (χ1) is 11.8. The standard InChI is InChI=1S/C21H19NO2/c1-24-19-12-7-11-18(15-19)21(23)22-20-13-6-5-10-17(20)14-16-8-3-2-4-9-16/h2-13,15H,14H2,1H3,(H,22,23). The molecular weight excluding hydrogens is 298 g/mol. The maximum Gasteiger partial charge on any atom is 0.255 e. The van der Waals surface area contributed by atoms with E-state index in [1.54, 1.807) is 19.2 Å².